The van der Waals surface area contributed by atoms with Gasteiger partial charge in [0.05, 0.1) is 49.2 Å². The van der Waals surface area contributed by atoms with Crippen LogP contribution in [0.15, 0.2) is 48.7 Å². The lowest BCUT2D eigenvalue weighted by Crippen LogP contribution is -2.51. The number of fused-ring (bicyclic) bond motifs is 1. The van der Waals surface area contributed by atoms with Crippen LogP contribution in [0.25, 0.3) is 22.3 Å². The van der Waals surface area contributed by atoms with Gasteiger partial charge in [0, 0.05) is 13.1 Å². The van der Waals surface area contributed by atoms with Crippen molar-refractivity contribution in [2.45, 2.75) is 111 Å². The summed E-state index contributed by atoms with van der Waals surface area (Å²) in [5, 5.41) is 5.42. The van der Waals surface area contributed by atoms with Gasteiger partial charge >= 0.3 is 12.2 Å². The molecule has 3 aliphatic rings. The lowest BCUT2D eigenvalue weighted by atomic mass is 10.0. The minimum absolute atomic E-state index is 0. The SMILES string of the molecule is C.C.COC(=O)N[C@H](C(=O)N1CCC[C@H]1c1ncc(-c2ccc([C@@H]3C[C@H]3c3ccc4nc([C@@H]5CCCN5C(=O)[C@@H](NC(=O)OC)C(C)C)[nH]c4c3)cc2)[nH]1)C(C)C.S.S.S.S. The molecule has 61 heavy (non-hydrogen) atoms. The van der Waals surface area contributed by atoms with Crippen molar-refractivity contribution in [3.8, 4) is 11.3 Å². The van der Waals surface area contributed by atoms with Crippen LogP contribution in [-0.2, 0) is 19.1 Å². The molecule has 2 aromatic heterocycles. The van der Waals surface area contributed by atoms with Crippen molar-refractivity contribution in [3.05, 3.63) is 71.4 Å². The molecule has 1 saturated carbocycles. The minimum Gasteiger partial charge on any atom is -0.453 e. The van der Waals surface area contributed by atoms with Gasteiger partial charge in [0.25, 0.3) is 0 Å². The maximum absolute atomic E-state index is 13.6. The second kappa shape index (κ2) is 23.4. The standard InChI is InChI=1S/C41H52N8O6.2CH4.4H2S/c1-22(2)34(46-40(52)54-5)38(50)48-17-7-9-32(48)36-42-21-31(45-36)25-13-11-24(12-14-25)27-20-28(27)26-15-16-29-30(19-26)44-37(43-29)33-10-8-18-49(33)39(51)35(23(3)4)47-41(53)55-6;;;;;;/h11-16,19,21-23,27-28,32-35H,7-10,17-18,20H2,1-6H3,(H,42,45)(H,43,44)(H,46,52)(H,47,53);2*1H4;4*1H2/t27-,28-,32-,33-,34-,35-;;;;;;/m0....../s1. The molecule has 7 rings (SSSR count). The van der Waals surface area contributed by atoms with Crippen LogP contribution in [0.3, 0.4) is 0 Å². The highest BCUT2D eigenvalue weighted by Gasteiger charge is 2.41. The Morgan fingerprint density at radius 3 is 1.70 bits per heavy atom. The second-order valence-corrected chi connectivity index (χ2v) is 15.7. The molecular formula is C43H68N8O6S4. The van der Waals surface area contributed by atoms with E-state index in [9.17, 15) is 19.2 Å². The van der Waals surface area contributed by atoms with E-state index >= 15 is 0 Å². The summed E-state index contributed by atoms with van der Waals surface area (Å²) in [7, 11) is 2.59. The Morgan fingerprint density at radius 2 is 1.20 bits per heavy atom. The van der Waals surface area contributed by atoms with Crippen molar-refractivity contribution >= 4 is 89.0 Å². The number of carbonyl (C=O) groups is 4. The van der Waals surface area contributed by atoms with Gasteiger partial charge in [-0.3, -0.25) is 9.59 Å². The average Bonchev–Trinajstić information content (AvgIpc) is 3.69. The third-order valence-corrected chi connectivity index (χ3v) is 11.5. The number of alkyl carbamates (subject to hydrolysis) is 2. The highest BCUT2D eigenvalue weighted by molar-refractivity contribution is 7.59. The zero-order chi connectivity index (χ0) is 39.0. The number of H-pyrrole nitrogens is 2. The number of likely N-dealkylation sites (tertiary alicyclic amines) is 2. The maximum atomic E-state index is 13.6. The normalized spacial score (nSPS) is 19.7. The fraction of sp³-hybridized carbons (Fsp3) is 0.535. The van der Waals surface area contributed by atoms with E-state index in [1.54, 1.807) is 0 Å². The first-order valence-electron chi connectivity index (χ1n) is 19.4. The maximum Gasteiger partial charge on any atom is 0.407 e. The van der Waals surface area contributed by atoms with Gasteiger partial charge in [0.2, 0.25) is 11.8 Å². The lowest BCUT2D eigenvalue weighted by Gasteiger charge is -2.30. The largest absolute Gasteiger partial charge is 0.453 e. The lowest BCUT2D eigenvalue weighted by molar-refractivity contribution is -0.136. The van der Waals surface area contributed by atoms with E-state index in [1.165, 1.54) is 25.3 Å². The molecule has 4 aromatic rings. The number of imidazole rings is 2. The fourth-order valence-electron chi connectivity index (χ4n) is 8.32. The molecule has 18 heteroatoms. The summed E-state index contributed by atoms with van der Waals surface area (Å²) >= 11 is 0. The summed E-state index contributed by atoms with van der Waals surface area (Å²) in [6.45, 7) is 8.85. The molecule has 0 bridgehead atoms. The van der Waals surface area contributed by atoms with E-state index in [1.807, 2.05) is 43.7 Å². The molecule has 4 heterocycles. The van der Waals surface area contributed by atoms with Crippen LogP contribution in [0, 0.1) is 11.8 Å². The monoisotopic (exact) mass is 920 g/mol. The smallest absolute Gasteiger partial charge is 0.407 e. The summed E-state index contributed by atoms with van der Waals surface area (Å²) < 4.78 is 9.53. The molecule has 0 spiro atoms. The van der Waals surface area contributed by atoms with E-state index in [-0.39, 0.29) is 105 Å². The molecule has 14 nitrogen and oxygen atoms in total. The molecule has 2 aliphatic heterocycles. The molecule has 0 unspecified atom stereocenters. The Morgan fingerprint density at radius 1 is 0.705 bits per heavy atom. The van der Waals surface area contributed by atoms with E-state index in [0.29, 0.717) is 24.9 Å². The summed E-state index contributed by atoms with van der Waals surface area (Å²) in [6, 6.07) is 13.3. The Hall–Kier alpha value is -4.00. The van der Waals surface area contributed by atoms with Crippen molar-refractivity contribution in [1.29, 1.82) is 0 Å². The number of ether oxygens (including phenoxy) is 2. The summed E-state index contributed by atoms with van der Waals surface area (Å²) in [5.41, 5.74) is 6.28. The minimum atomic E-state index is -0.679. The van der Waals surface area contributed by atoms with Gasteiger partial charge in [-0.25, -0.2) is 19.6 Å². The van der Waals surface area contributed by atoms with Crippen molar-refractivity contribution < 1.29 is 28.7 Å². The Bertz CT molecular complexity index is 2060. The predicted molar refractivity (Wildman–Crippen MR) is 261 cm³/mol. The van der Waals surface area contributed by atoms with Crippen LogP contribution >= 0.6 is 54.0 Å². The molecule has 1 aliphatic carbocycles. The van der Waals surface area contributed by atoms with Crippen LogP contribution in [0.1, 0.15) is 121 Å². The molecule has 2 aromatic carbocycles. The van der Waals surface area contributed by atoms with Crippen molar-refractivity contribution in [2.24, 2.45) is 11.8 Å². The van der Waals surface area contributed by atoms with Crippen LogP contribution < -0.4 is 10.6 Å². The zero-order valence-corrected chi connectivity index (χ0v) is 38.4. The zero-order valence-electron chi connectivity index (χ0n) is 34.4. The van der Waals surface area contributed by atoms with Crippen LogP contribution in [0.5, 0.6) is 0 Å². The van der Waals surface area contributed by atoms with E-state index in [2.05, 4.69) is 63.1 Å². The average molecular weight is 921 g/mol. The van der Waals surface area contributed by atoms with E-state index in [0.717, 1.165) is 66.0 Å². The van der Waals surface area contributed by atoms with Crippen LogP contribution in [0.4, 0.5) is 9.59 Å². The van der Waals surface area contributed by atoms with E-state index < -0.39 is 24.3 Å². The first kappa shape index (κ1) is 55.0. The number of nitrogens with one attached hydrogen (secondary N) is 4. The molecule has 0 radical (unpaired) electrons. The van der Waals surface area contributed by atoms with E-state index in [4.69, 9.17) is 19.4 Å². The molecule has 3 fully saturated rings. The Labute approximate surface area is 388 Å². The number of carbonyl (C=O) groups excluding carboxylic acids is 4. The highest BCUT2D eigenvalue weighted by atomic mass is 32.1. The molecule has 2 saturated heterocycles. The number of aromatic amines is 2. The number of rotatable bonds is 11. The summed E-state index contributed by atoms with van der Waals surface area (Å²) in [5.74, 6) is 1.88. The van der Waals surface area contributed by atoms with Gasteiger partial charge in [-0.2, -0.15) is 54.0 Å². The topological polar surface area (TPSA) is 175 Å². The summed E-state index contributed by atoms with van der Waals surface area (Å²) in [4.78, 5) is 71.3. The number of amides is 4. The number of aromatic nitrogens is 4. The first-order chi connectivity index (χ1) is 26.5. The van der Waals surface area contributed by atoms with Gasteiger partial charge in [-0.05, 0) is 84.6 Å². The van der Waals surface area contributed by atoms with Gasteiger partial charge in [-0.1, -0.05) is 72.9 Å². The molecule has 4 amide bonds. The number of methoxy groups -OCH3 is 2. The molecule has 6 atom stereocenters. The quantitative estimate of drug-likeness (QED) is 0.117. The highest BCUT2D eigenvalue weighted by Crippen LogP contribution is 2.55. The van der Waals surface area contributed by atoms with Gasteiger partial charge in [-0.15, -0.1) is 0 Å². The Balaban J connectivity index is 0.00000310. The van der Waals surface area contributed by atoms with Crippen molar-refractivity contribution in [2.75, 3.05) is 27.3 Å². The predicted octanol–water partition coefficient (Wildman–Crippen LogP) is 8.04. The number of nitrogens with zero attached hydrogens (tertiary/aromatic N) is 4. The molecule has 340 valence electrons. The molecular weight excluding hydrogens is 853 g/mol. The number of benzene rings is 2. The van der Waals surface area contributed by atoms with Crippen LogP contribution in [0.2, 0.25) is 0 Å². The fourth-order valence-corrected chi connectivity index (χ4v) is 8.32. The van der Waals surface area contributed by atoms with Crippen LogP contribution in [-0.4, -0.2) is 93.1 Å². The molecule has 4 N–H and O–H groups in total. The Kier molecular flexibility index (Phi) is 21.1. The van der Waals surface area contributed by atoms with Gasteiger partial charge in [0.15, 0.2) is 0 Å². The van der Waals surface area contributed by atoms with Crippen molar-refractivity contribution in [1.82, 2.24) is 40.4 Å². The number of hydrogen-bond donors (Lipinski definition) is 4. The first-order valence-corrected chi connectivity index (χ1v) is 19.4. The number of hydrogen-bond acceptors (Lipinski definition) is 8. The van der Waals surface area contributed by atoms with Crippen molar-refractivity contribution in [3.63, 3.8) is 0 Å². The third kappa shape index (κ3) is 11.7. The van der Waals surface area contributed by atoms with Gasteiger partial charge < -0.3 is 39.9 Å². The second-order valence-electron chi connectivity index (χ2n) is 15.7. The van der Waals surface area contributed by atoms with Gasteiger partial charge in [0.1, 0.15) is 23.7 Å². The summed E-state index contributed by atoms with van der Waals surface area (Å²) in [6.07, 6.45) is 4.97. The third-order valence-electron chi connectivity index (χ3n) is 11.5.